The molecule has 1 aromatic rings. The van der Waals surface area contributed by atoms with E-state index in [-0.39, 0.29) is 17.4 Å². The van der Waals surface area contributed by atoms with Gasteiger partial charge in [0.1, 0.15) is 5.75 Å². The minimum absolute atomic E-state index is 0.0762. The van der Waals surface area contributed by atoms with Crippen LogP contribution in [-0.4, -0.2) is 34.0 Å². The third-order valence-electron chi connectivity index (χ3n) is 3.46. The molecule has 0 aliphatic carbocycles. The molecule has 2 N–H and O–H groups in total. The molecule has 0 aliphatic rings. The summed E-state index contributed by atoms with van der Waals surface area (Å²) in [7, 11) is -3.50. The van der Waals surface area contributed by atoms with Gasteiger partial charge in [0.05, 0.1) is 4.90 Å². The Kier molecular flexibility index (Phi) is 8.78. The summed E-state index contributed by atoms with van der Waals surface area (Å²) >= 11 is 0. The first-order chi connectivity index (χ1) is 11.4. The van der Waals surface area contributed by atoms with Crippen LogP contribution in [0.15, 0.2) is 23.1 Å². The van der Waals surface area contributed by atoms with Crippen molar-refractivity contribution in [1.82, 2.24) is 10.0 Å². The monoisotopic (exact) mass is 356 g/mol. The molecule has 0 unspecified atom stereocenters. The summed E-state index contributed by atoms with van der Waals surface area (Å²) in [6.07, 6.45) is 3.88. The summed E-state index contributed by atoms with van der Waals surface area (Å²) in [5.74, 6) is 0.333. The first kappa shape index (κ1) is 20.4. The number of hydrogen-bond donors (Lipinski definition) is 2. The molecule has 0 atom stereocenters. The summed E-state index contributed by atoms with van der Waals surface area (Å²) < 4.78 is 32.2. The van der Waals surface area contributed by atoms with Crippen LogP contribution in [0.1, 0.15) is 45.1 Å². The summed E-state index contributed by atoms with van der Waals surface area (Å²) in [5.41, 5.74) is 0.674. The van der Waals surface area contributed by atoms with Crippen LogP contribution < -0.4 is 14.8 Å². The van der Waals surface area contributed by atoms with Gasteiger partial charge in [-0.1, -0.05) is 26.7 Å². The molecule has 1 amide bonds. The maximum atomic E-state index is 12.1. The Morgan fingerprint density at radius 3 is 2.50 bits per heavy atom. The fraction of sp³-hybridized carbons (Fsp3) is 0.588. The number of carbonyl (C=O) groups is 1. The third kappa shape index (κ3) is 6.88. The molecule has 0 spiro atoms. The van der Waals surface area contributed by atoms with Gasteiger partial charge in [-0.05, 0) is 43.5 Å². The van der Waals surface area contributed by atoms with Gasteiger partial charge in [0.25, 0.3) is 5.91 Å². The zero-order valence-corrected chi connectivity index (χ0v) is 15.5. The Morgan fingerprint density at radius 1 is 1.12 bits per heavy atom. The SMILES string of the molecule is CCCCCNC(=O)COc1ccc(S(=O)(=O)NCCC)cc1C. The van der Waals surface area contributed by atoms with E-state index < -0.39 is 10.0 Å². The molecule has 0 radical (unpaired) electrons. The van der Waals surface area contributed by atoms with E-state index in [9.17, 15) is 13.2 Å². The van der Waals surface area contributed by atoms with E-state index in [1.165, 1.54) is 6.07 Å². The van der Waals surface area contributed by atoms with Crippen molar-refractivity contribution >= 4 is 15.9 Å². The van der Waals surface area contributed by atoms with Gasteiger partial charge < -0.3 is 10.1 Å². The molecular weight excluding hydrogens is 328 g/mol. The van der Waals surface area contributed by atoms with Crippen molar-refractivity contribution in [1.29, 1.82) is 0 Å². The first-order valence-corrected chi connectivity index (χ1v) is 9.88. The van der Waals surface area contributed by atoms with Gasteiger partial charge in [-0.2, -0.15) is 0 Å². The quantitative estimate of drug-likeness (QED) is 0.596. The highest BCUT2D eigenvalue weighted by Gasteiger charge is 2.15. The highest BCUT2D eigenvalue weighted by molar-refractivity contribution is 7.89. The normalized spacial score (nSPS) is 11.3. The second-order valence-electron chi connectivity index (χ2n) is 5.67. The van der Waals surface area contributed by atoms with E-state index in [0.29, 0.717) is 24.4 Å². The predicted octanol–water partition coefficient (Wildman–Crippen LogP) is 2.37. The van der Waals surface area contributed by atoms with Gasteiger partial charge in [0.15, 0.2) is 6.61 Å². The van der Waals surface area contributed by atoms with Crippen LogP contribution in [0.3, 0.4) is 0 Å². The molecule has 0 bridgehead atoms. The second-order valence-corrected chi connectivity index (χ2v) is 7.44. The number of sulfonamides is 1. The number of hydrogen-bond acceptors (Lipinski definition) is 4. The Balaban J connectivity index is 2.58. The van der Waals surface area contributed by atoms with Crippen molar-refractivity contribution in [3.63, 3.8) is 0 Å². The van der Waals surface area contributed by atoms with Crippen LogP contribution in [0.2, 0.25) is 0 Å². The number of nitrogens with one attached hydrogen (secondary N) is 2. The van der Waals surface area contributed by atoms with Gasteiger partial charge >= 0.3 is 0 Å². The lowest BCUT2D eigenvalue weighted by molar-refractivity contribution is -0.123. The number of rotatable bonds is 11. The average molecular weight is 356 g/mol. The van der Waals surface area contributed by atoms with Crippen LogP contribution in [0.5, 0.6) is 5.75 Å². The molecule has 136 valence electrons. The Labute approximate surface area is 145 Å². The van der Waals surface area contributed by atoms with E-state index in [1.807, 2.05) is 6.92 Å². The first-order valence-electron chi connectivity index (χ1n) is 8.40. The van der Waals surface area contributed by atoms with Crippen molar-refractivity contribution in [2.45, 2.75) is 51.3 Å². The Morgan fingerprint density at radius 2 is 1.88 bits per heavy atom. The summed E-state index contributed by atoms with van der Waals surface area (Å²) in [6, 6.07) is 4.62. The molecule has 0 saturated heterocycles. The fourth-order valence-corrected chi connectivity index (χ4v) is 3.29. The molecule has 0 aromatic heterocycles. The van der Waals surface area contributed by atoms with Gasteiger partial charge in [-0.15, -0.1) is 0 Å². The predicted molar refractivity (Wildman–Crippen MR) is 94.7 cm³/mol. The number of carbonyl (C=O) groups excluding carboxylic acids is 1. The lowest BCUT2D eigenvalue weighted by Gasteiger charge is -2.11. The average Bonchev–Trinajstić information content (AvgIpc) is 2.55. The van der Waals surface area contributed by atoms with Crippen molar-refractivity contribution in [3.05, 3.63) is 23.8 Å². The lowest BCUT2D eigenvalue weighted by atomic mass is 10.2. The summed E-state index contributed by atoms with van der Waals surface area (Å²) in [5, 5.41) is 2.80. The highest BCUT2D eigenvalue weighted by Crippen LogP contribution is 2.21. The van der Waals surface area contributed by atoms with E-state index >= 15 is 0 Å². The molecule has 7 heteroatoms. The number of amides is 1. The smallest absolute Gasteiger partial charge is 0.257 e. The van der Waals surface area contributed by atoms with Crippen LogP contribution >= 0.6 is 0 Å². The maximum absolute atomic E-state index is 12.1. The maximum Gasteiger partial charge on any atom is 0.257 e. The molecule has 0 aliphatic heterocycles. The van der Waals surface area contributed by atoms with Crippen molar-refractivity contribution < 1.29 is 17.9 Å². The van der Waals surface area contributed by atoms with E-state index in [1.54, 1.807) is 19.1 Å². The molecule has 24 heavy (non-hydrogen) atoms. The summed E-state index contributed by atoms with van der Waals surface area (Å²) in [4.78, 5) is 11.9. The molecule has 0 fully saturated rings. The van der Waals surface area contributed by atoms with Crippen LogP contribution in [0.4, 0.5) is 0 Å². The molecule has 0 heterocycles. The van der Waals surface area contributed by atoms with E-state index in [4.69, 9.17) is 4.74 Å². The molecule has 6 nitrogen and oxygen atoms in total. The van der Waals surface area contributed by atoms with Crippen LogP contribution in [-0.2, 0) is 14.8 Å². The molecule has 0 saturated carbocycles. The number of benzene rings is 1. The highest BCUT2D eigenvalue weighted by atomic mass is 32.2. The minimum atomic E-state index is -3.50. The zero-order valence-electron chi connectivity index (χ0n) is 14.7. The van der Waals surface area contributed by atoms with Crippen molar-refractivity contribution in [2.24, 2.45) is 0 Å². The molecular formula is C17H28N2O4S. The molecule has 1 rings (SSSR count). The number of unbranched alkanes of at least 4 members (excludes halogenated alkanes) is 2. The topological polar surface area (TPSA) is 84.5 Å². The van der Waals surface area contributed by atoms with Crippen molar-refractivity contribution in [2.75, 3.05) is 19.7 Å². The number of ether oxygens (including phenoxy) is 1. The van der Waals surface area contributed by atoms with Gasteiger partial charge in [0.2, 0.25) is 10.0 Å². The fourth-order valence-electron chi connectivity index (χ4n) is 2.07. The van der Waals surface area contributed by atoms with Crippen molar-refractivity contribution in [3.8, 4) is 5.75 Å². The standard InChI is InChI=1S/C17H28N2O4S/c1-4-6-7-11-18-17(20)13-23-16-9-8-15(12-14(16)3)24(21,22)19-10-5-2/h8-9,12,19H,4-7,10-11,13H2,1-3H3,(H,18,20). The largest absolute Gasteiger partial charge is 0.484 e. The molecule has 1 aromatic carbocycles. The van der Waals surface area contributed by atoms with Crippen LogP contribution in [0, 0.1) is 6.92 Å². The lowest BCUT2D eigenvalue weighted by Crippen LogP contribution is -2.29. The number of aryl methyl sites for hydroxylation is 1. The Bertz CT molecular complexity index is 629. The minimum Gasteiger partial charge on any atom is -0.484 e. The van der Waals surface area contributed by atoms with E-state index in [2.05, 4.69) is 17.0 Å². The van der Waals surface area contributed by atoms with Gasteiger partial charge in [-0.3, -0.25) is 4.79 Å². The summed E-state index contributed by atoms with van der Waals surface area (Å²) in [6.45, 7) is 6.74. The van der Waals surface area contributed by atoms with Gasteiger partial charge in [-0.25, -0.2) is 13.1 Å². The van der Waals surface area contributed by atoms with Crippen LogP contribution in [0.25, 0.3) is 0 Å². The zero-order chi connectivity index (χ0) is 18.0. The Hall–Kier alpha value is -1.60. The van der Waals surface area contributed by atoms with E-state index in [0.717, 1.165) is 25.7 Å². The third-order valence-corrected chi connectivity index (χ3v) is 4.92. The van der Waals surface area contributed by atoms with Gasteiger partial charge in [0, 0.05) is 13.1 Å². The second kappa shape index (κ2) is 10.3.